The van der Waals surface area contributed by atoms with E-state index in [9.17, 15) is 0 Å². The molecule has 0 aliphatic carbocycles. The van der Waals surface area contributed by atoms with Crippen LogP contribution in [0.5, 0.6) is 0 Å². The molecular formula is C17H22N2O. The quantitative estimate of drug-likeness (QED) is 0.908. The van der Waals surface area contributed by atoms with Crippen LogP contribution >= 0.6 is 0 Å². The van der Waals surface area contributed by atoms with E-state index in [1.54, 1.807) is 0 Å². The molecule has 2 aliphatic rings. The Hall–Kier alpha value is -1.32. The molecule has 1 aromatic carbocycles. The minimum absolute atomic E-state index is 0.370. The average Bonchev–Trinajstić information content (AvgIpc) is 3.12. The van der Waals surface area contributed by atoms with Crippen molar-refractivity contribution in [3.63, 3.8) is 0 Å². The molecule has 3 unspecified atom stereocenters. The number of nitrogens with one attached hydrogen (secondary N) is 1. The summed E-state index contributed by atoms with van der Waals surface area (Å²) < 4.78 is 6.07. The second-order valence-electron chi connectivity index (χ2n) is 6.23. The van der Waals surface area contributed by atoms with E-state index in [1.165, 1.54) is 31.3 Å². The highest BCUT2D eigenvalue weighted by molar-refractivity contribution is 5.77. The van der Waals surface area contributed by atoms with Crippen LogP contribution in [-0.2, 0) is 0 Å². The van der Waals surface area contributed by atoms with Crippen molar-refractivity contribution < 1.29 is 4.42 Å². The third-order valence-corrected chi connectivity index (χ3v) is 5.08. The molecule has 20 heavy (non-hydrogen) atoms. The number of likely N-dealkylation sites (tertiary alicyclic amines) is 1. The molecule has 1 N–H and O–H groups in total. The van der Waals surface area contributed by atoms with Gasteiger partial charge in [-0.25, -0.2) is 0 Å². The number of piperidine rings is 1. The van der Waals surface area contributed by atoms with Gasteiger partial charge in [-0.15, -0.1) is 0 Å². The van der Waals surface area contributed by atoms with E-state index in [0.717, 1.165) is 23.8 Å². The van der Waals surface area contributed by atoms with Gasteiger partial charge in [0.2, 0.25) is 0 Å². The van der Waals surface area contributed by atoms with Gasteiger partial charge < -0.3 is 9.73 Å². The standard InChI is InChI=1S/C17H22N2O/c1-12(17-9-13-5-2-3-7-16(13)20-17)19-8-4-6-14-10-18-11-15(14)19/h2-3,5,7,9,12,14-15,18H,4,6,8,10-11H2,1H3. The van der Waals surface area contributed by atoms with Crippen LogP contribution in [0.4, 0.5) is 0 Å². The summed E-state index contributed by atoms with van der Waals surface area (Å²) in [5, 5.41) is 4.77. The minimum Gasteiger partial charge on any atom is -0.459 e. The summed E-state index contributed by atoms with van der Waals surface area (Å²) in [6.07, 6.45) is 2.69. The van der Waals surface area contributed by atoms with Gasteiger partial charge in [0, 0.05) is 18.0 Å². The monoisotopic (exact) mass is 270 g/mol. The minimum atomic E-state index is 0.370. The predicted octanol–water partition coefficient (Wildman–Crippen LogP) is 3.18. The lowest BCUT2D eigenvalue weighted by atomic mass is 9.90. The third kappa shape index (κ3) is 1.97. The molecule has 0 saturated carbocycles. The molecule has 2 saturated heterocycles. The molecule has 106 valence electrons. The molecule has 0 amide bonds. The summed E-state index contributed by atoms with van der Waals surface area (Å²) in [7, 11) is 0. The van der Waals surface area contributed by atoms with Crippen molar-refractivity contribution in [2.24, 2.45) is 5.92 Å². The molecule has 3 heterocycles. The van der Waals surface area contributed by atoms with E-state index in [2.05, 4.69) is 41.4 Å². The van der Waals surface area contributed by atoms with Crippen molar-refractivity contribution >= 4 is 11.0 Å². The van der Waals surface area contributed by atoms with Crippen LogP contribution in [0.2, 0.25) is 0 Å². The summed E-state index contributed by atoms with van der Waals surface area (Å²) >= 11 is 0. The molecular weight excluding hydrogens is 248 g/mol. The van der Waals surface area contributed by atoms with Crippen molar-refractivity contribution in [1.82, 2.24) is 10.2 Å². The molecule has 0 radical (unpaired) electrons. The molecule has 1 aromatic heterocycles. The zero-order chi connectivity index (χ0) is 13.5. The number of benzene rings is 1. The molecule has 0 spiro atoms. The molecule has 2 aromatic rings. The Morgan fingerprint density at radius 3 is 3.10 bits per heavy atom. The summed E-state index contributed by atoms with van der Waals surface area (Å²) in [6, 6.07) is 11.6. The number of hydrogen-bond acceptors (Lipinski definition) is 3. The fourth-order valence-electron chi connectivity index (χ4n) is 3.96. The van der Waals surface area contributed by atoms with Gasteiger partial charge in [-0.05, 0) is 50.9 Å². The smallest absolute Gasteiger partial charge is 0.134 e. The Balaban J connectivity index is 1.63. The highest BCUT2D eigenvalue weighted by atomic mass is 16.3. The van der Waals surface area contributed by atoms with E-state index < -0.39 is 0 Å². The maximum absolute atomic E-state index is 6.07. The van der Waals surface area contributed by atoms with Gasteiger partial charge in [0.05, 0.1) is 6.04 Å². The van der Waals surface area contributed by atoms with E-state index >= 15 is 0 Å². The van der Waals surface area contributed by atoms with E-state index in [-0.39, 0.29) is 0 Å². The van der Waals surface area contributed by atoms with Gasteiger partial charge >= 0.3 is 0 Å². The predicted molar refractivity (Wildman–Crippen MR) is 80.7 cm³/mol. The number of fused-ring (bicyclic) bond motifs is 2. The highest BCUT2D eigenvalue weighted by Crippen LogP contribution is 2.35. The summed E-state index contributed by atoms with van der Waals surface area (Å²) in [5.74, 6) is 1.94. The summed E-state index contributed by atoms with van der Waals surface area (Å²) in [5.41, 5.74) is 1.01. The first-order valence-corrected chi connectivity index (χ1v) is 7.78. The van der Waals surface area contributed by atoms with Gasteiger partial charge in [0.1, 0.15) is 11.3 Å². The number of para-hydroxylation sites is 1. The van der Waals surface area contributed by atoms with Crippen molar-refractivity contribution in [1.29, 1.82) is 0 Å². The van der Waals surface area contributed by atoms with E-state index in [0.29, 0.717) is 12.1 Å². The second kappa shape index (κ2) is 4.90. The second-order valence-corrected chi connectivity index (χ2v) is 6.23. The zero-order valence-corrected chi connectivity index (χ0v) is 12.0. The molecule has 2 aliphatic heterocycles. The molecule has 0 bridgehead atoms. The van der Waals surface area contributed by atoms with Crippen molar-refractivity contribution in [3.05, 3.63) is 36.1 Å². The zero-order valence-electron chi connectivity index (χ0n) is 12.0. The number of hydrogen-bond donors (Lipinski definition) is 1. The van der Waals surface area contributed by atoms with Crippen LogP contribution in [-0.4, -0.2) is 30.6 Å². The first-order chi connectivity index (χ1) is 9.83. The first-order valence-electron chi connectivity index (χ1n) is 7.78. The van der Waals surface area contributed by atoms with Crippen molar-refractivity contribution in [3.8, 4) is 0 Å². The van der Waals surface area contributed by atoms with E-state index in [4.69, 9.17) is 4.42 Å². The maximum Gasteiger partial charge on any atom is 0.134 e. The van der Waals surface area contributed by atoms with Gasteiger partial charge in [-0.2, -0.15) is 0 Å². The molecule has 2 fully saturated rings. The fourth-order valence-corrected chi connectivity index (χ4v) is 3.96. The normalized spacial score (nSPS) is 28.6. The van der Waals surface area contributed by atoms with Crippen LogP contribution in [0, 0.1) is 5.92 Å². The maximum atomic E-state index is 6.07. The third-order valence-electron chi connectivity index (χ3n) is 5.08. The molecule has 3 heteroatoms. The topological polar surface area (TPSA) is 28.4 Å². The van der Waals surface area contributed by atoms with Crippen LogP contribution in [0.25, 0.3) is 11.0 Å². The Morgan fingerprint density at radius 1 is 1.30 bits per heavy atom. The lowest BCUT2D eigenvalue weighted by Gasteiger charge is -2.40. The largest absolute Gasteiger partial charge is 0.459 e. The Bertz CT molecular complexity index is 573. The first kappa shape index (κ1) is 12.4. The molecule has 3 nitrogen and oxygen atoms in total. The van der Waals surface area contributed by atoms with Crippen molar-refractivity contribution in [2.75, 3.05) is 19.6 Å². The van der Waals surface area contributed by atoms with E-state index in [1.807, 2.05) is 6.07 Å². The van der Waals surface area contributed by atoms with Crippen LogP contribution in [0.15, 0.2) is 34.7 Å². The van der Waals surface area contributed by atoms with Crippen molar-refractivity contribution in [2.45, 2.75) is 31.8 Å². The summed E-state index contributed by atoms with van der Waals surface area (Å²) in [4.78, 5) is 2.64. The SMILES string of the molecule is CC(c1cc2ccccc2o1)N1CCCC2CNCC21. The fraction of sp³-hybridized carbons (Fsp3) is 0.529. The molecule has 3 atom stereocenters. The summed E-state index contributed by atoms with van der Waals surface area (Å²) in [6.45, 7) is 5.81. The van der Waals surface area contributed by atoms with Gasteiger partial charge in [0.15, 0.2) is 0 Å². The lowest BCUT2D eigenvalue weighted by Crippen LogP contribution is -2.46. The van der Waals surface area contributed by atoms with Crippen LogP contribution in [0.3, 0.4) is 0 Å². The van der Waals surface area contributed by atoms with Crippen LogP contribution in [0.1, 0.15) is 31.6 Å². The average molecular weight is 270 g/mol. The molecule has 4 rings (SSSR count). The number of nitrogens with zero attached hydrogens (tertiary/aromatic N) is 1. The number of furan rings is 1. The Morgan fingerprint density at radius 2 is 2.20 bits per heavy atom. The number of rotatable bonds is 2. The highest BCUT2D eigenvalue weighted by Gasteiger charge is 2.38. The van der Waals surface area contributed by atoms with Gasteiger partial charge in [-0.1, -0.05) is 18.2 Å². The Kier molecular flexibility index (Phi) is 3.04. The lowest BCUT2D eigenvalue weighted by molar-refractivity contribution is 0.0754. The van der Waals surface area contributed by atoms with Gasteiger partial charge in [-0.3, -0.25) is 4.90 Å². The Labute approximate surface area is 119 Å². The van der Waals surface area contributed by atoms with Crippen LogP contribution < -0.4 is 5.32 Å². The van der Waals surface area contributed by atoms with Gasteiger partial charge in [0.25, 0.3) is 0 Å².